The normalized spacial score (nSPS) is 12.6. The third-order valence-corrected chi connectivity index (χ3v) is 3.57. The molecule has 1 N–H and O–H groups in total. The van der Waals surface area contributed by atoms with E-state index < -0.39 is 17.3 Å². The van der Waals surface area contributed by atoms with E-state index >= 15 is 0 Å². The molecule has 3 aromatic rings. The van der Waals surface area contributed by atoms with E-state index in [0.29, 0.717) is 18.0 Å². The molecule has 2 aromatic carbocycles. The average molecular weight is 350 g/mol. The van der Waals surface area contributed by atoms with E-state index in [1.807, 2.05) is 0 Å². The van der Waals surface area contributed by atoms with Gasteiger partial charge >= 0.3 is 6.18 Å². The highest BCUT2D eigenvalue weighted by Crippen LogP contribution is 2.32. The first kappa shape index (κ1) is 17.3. The Morgan fingerprint density at radius 2 is 1.68 bits per heavy atom. The minimum Gasteiger partial charge on any atom is -0.457 e. The minimum absolute atomic E-state index is 0.306. The second-order valence-corrected chi connectivity index (χ2v) is 6.46. The summed E-state index contributed by atoms with van der Waals surface area (Å²) in [6.45, 7) is 3.75. The summed E-state index contributed by atoms with van der Waals surface area (Å²) in [5, 5.41) is 9.97. The molecule has 0 atom stereocenters. The predicted molar refractivity (Wildman–Crippen MR) is 87.5 cm³/mol. The van der Waals surface area contributed by atoms with Gasteiger partial charge in [-0.15, -0.1) is 0 Å². The SMILES string of the molecule is CC(C)(O)Cn1cnc2ccc(Oc3ccc(C(F)(F)F)cc3)cc21. The summed E-state index contributed by atoms with van der Waals surface area (Å²) in [5.41, 5.74) is -0.119. The van der Waals surface area contributed by atoms with Crippen molar-refractivity contribution in [2.45, 2.75) is 32.2 Å². The summed E-state index contributed by atoms with van der Waals surface area (Å²) in [5.74, 6) is 0.783. The standard InChI is InChI=1S/C18H17F3N2O2/c1-17(2,24)10-23-11-22-15-8-7-14(9-16(15)23)25-13-5-3-12(4-6-13)18(19,20)21/h3-9,11,24H,10H2,1-2H3. The van der Waals surface area contributed by atoms with E-state index in [2.05, 4.69) is 4.98 Å². The summed E-state index contributed by atoms with van der Waals surface area (Å²) >= 11 is 0. The van der Waals surface area contributed by atoms with Gasteiger partial charge in [-0.3, -0.25) is 0 Å². The Morgan fingerprint density at radius 1 is 1.04 bits per heavy atom. The minimum atomic E-state index is -4.37. The number of fused-ring (bicyclic) bond motifs is 1. The first-order valence-corrected chi connectivity index (χ1v) is 7.64. The quantitative estimate of drug-likeness (QED) is 0.747. The van der Waals surface area contributed by atoms with Crippen LogP contribution in [0.4, 0.5) is 13.2 Å². The van der Waals surface area contributed by atoms with Crippen LogP contribution in [0.25, 0.3) is 11.0 Å². The zero-order chi connectivity index (χ0) is 18.2. The van der Waals surface area contributed by atoms with Crippen LogP contribution in [0.2, 0.25) is 0 Å². The largest absolute Gasteiger partial charge is 0.457 e. The van der Waals surface area contributed by atoms with Gasteiger partial charge in [0.05, 0.1) is 35.1 Å². The number of aromatic nitrogens is 2. The van der Waals surface area contributed by atoms with Gasteiger partial charge in [-0.1, -0.05) is 0 Å². The van der Waals surface area contributed by atoms with Crippen molar-refractivity contribution < 1.29 is 23.0 Å². The predicted octanol–water partition coefficient (Wildman–Crippen LogP) is 4.62. The van der Waals surface area contributed by atoms with Crippen LogP contribution >= 0.6 is 0 Å². The average Bonchev–Trinajstić information content (AvgIpc) is 2.88. The number of halogens is 3. The van der Waals surface area contributed by atoms with Gasteiger partial charge in [0.1, 0.15) is 11.5 Å². The molecule has 0 aliphatic carbocycles. The monoisotopic (exact) mass is 350 g/mol. The molecule has 0 unspecified atom stereocenters. The first-order chi connectivity index (χ1) is 11.6. The summed E-state index contributed by atoms with van der Waals surface area (Å²) < 4.78 is 45.2. The van der Waals surface area contributed by atoms with E-state index in [9.17, 15) is 18.3 Å². The van der Waals surface area contributed by atoms with Crippen molar-refractivity contribution >= 4 is 11.0 Å². The molecule has 0 saturated carbocycles. The van der Waals surface area contributed by atoms with Gasteiger partial charge in [0.15, 0.2) is 0 Å². The van der Waals surface area contributed by atoms with Crippen LogP contribution in [-0.2, 0) is 12.7 Å². The Morgan fingerprint density at radius 3 is 2.28 bits per heavy atom. The van der Waals surface area contributed by atoms with E-state index in [1.54, 1.807) is 42.9 Å². The molecule has 0 radical (unpaired) electrons. The molecular formula is C18H17F3N2O2. The van der Waals surface area contributed by atoms with Gasteiger partial charge in [-0.05, 0) is 50.2 Å². The van der Waals surface area contributed by atoms with Crippen LogP contribution in [0, 0.1) is 0 Å². The highest BCUT2D eigenvalue weighted by molar-refractivity contribution is 5.77. The van der Waals surface area contributed by atoms with Crippen molar-refractivity contribution in [2.24, 2.45) is 0 Å². The van der Waals surface area contributed by atoms with Crippen molar-refractivity contribution in [3.05, 3.63) is 54.4 Å². The molecule has 132 valence electrons. The van der Waals surface area contributed by atoms with Crippen LogP contribution in [0.15, 0.2) is 48.8 Å². The number of hydrogen-bond acceptors (Lipinski definition) is 3. The highest BCUT2D eigenvalue weighted by atomic mass is 19.4. The lowest BCUT2D eigenvalue weighted by Gasteiger charge is -2.18. The topological polar surface area (TPSA) is 47.3 Å². The molecule has 0 amide bonds. The van der Waals surface area contributed by atoms with Crippen molar-refractivity contribution in [3.8, 4) is 11.5 Å². The molecule has 1 aromatic heterocycles. The summed E-state index contributed by atoms with van der Waals surface area (Å²) in [7, 11) is 0. The fourth-order valence-corrected chi connectivity index (χ4v) is 2.49. The second kappa shape index (κ2) is 6.07. The molecule has 0 aliphatic rings. The van der Waals surface area contributed by atoms with E-state index in [1.165, 1.54) is 12.1 Å². The first-order valence-electron chi connectivity index (χ1n) is 7.64. The molecule has 3 rings (SSSR count). The fourth-order valence-electron chi connectivity index (χ4n) is 2.49. The van der Waals surface area contributed by atoms with Crippen LogP contribution in [0.5, 0.6) is 11.5 Å². The molecule has 0 aliphatic heterocycles. The maximum atomic E-state index is 12.6. The Kier molecular flexibility index (Phi) is 4.20. The van der Waals surface area contributed by atoms with Gasteiger partial charge in [0.25, 0.3) is 0 Å². The Labute approximate surface area is 142 Å². The maximum Gasteiger partial charge on any atom is 0.416 e. The number of benzene rings is 2. The number of ether oxygens (including phenoxy) is 1. The molecule has 1 heterocycles. The second-order valence-electron chi connectivity index (χ2n) is 6.46. The van der Waals surface area contributed by atoms with E-state index in [-0.39, 0.29) is 0 Å². The van der Waals surface area contributed by atoms with Crippen molar-refractivity contribution in [2.75, 3.05) is 0 Å². The lowest BCUT2D eigenvalue weighted by atomic mass is 10.1. The van der Waals surface area contributed by atoms with Crippen LogP contribution in [0.1, 0.15) is 19.4 Å². The lowest BCUT2D eigenvalue weighted by Crippen LogP contribution is -2.25. The number of nitrogens with zero attached hydrogens (tertiary/aromatic N) is 2. The third-order valence-electron chi connectivity index (χ3n) is 3.57. The summed E-state index contributed by atoms with van der Waals surface area (Å²) in [6.07, 6.45) is -2.74. The molecule has 0 fully saturated rings. The zero-order valence-corrected chi connectivity index (χ0v) is 13.7. The van der Waals surface area contributed by atoms with Crippen molar-refractivity contribution in [1.29, 1.82) is 0 Å². The third kappa shape index (κ3) is 4.11. The number of alkyl halides is 3. The molecular weight excluding hydrogens is 333 g/mol. The maximum absolute atomic E-state index is 12.6. The zero-order valence-electron chi connectivity index (χ0n) is 13.7. The summed E-state index contributed by atoms with van der Waals surface area (Å²) in [4.78, 5) is 4.26. The van der Waals surface area contributed by atoms with Crippen LogP contribution in [0.3, 0.4) is 0 Å². The van der Waals surface area contributed by atoms with Crippen LogP contribution in [-0.4, -0.2) is 20.3 Å². The molecule has 4 nitrogen and oxygen atoms in total. The molecule has 0 saturated heterocycles. The Bertz CT molecular complexity index is 878. The van der Waals surface area contributed by atoms with Gasteiger partial charge < -0.3 is 14.4 Å². The molecule has 0 spiro atoms. The molecule has 0 bridgehead atoms. The van der Waals surface area contributed by atoms with Crippen LogP contribution < -0.4 is 4.74 Å². The van der Waals surface area contributed by atoms with Gasteiger partial charge in [0, 0.05) is 6.07 Å². The van der Waals surface area contributed by atoms with Gasteiger partial charge in [-0.25, -0.2) is 4.98 Å². The number of rotatable bonds is 4. The van der Waals surface area contributed by atoms with E-state index in [0.717, 1.165) is 23.2 Å². The Hall–Kier alpha value is -2.54. The smallest absolute Gasteiger partial charge is 0.416 e. The van der Waals surface area contributed by atoms with Crippen molar-refractivity contribution in [1.82, 2.24) is 9.55 Å². The summed E-state index contributed by atoms with van der Waals surface area (Å²) in [6, 6.07) is 9.71. The van der Waals surface area contributed by atoms with Gasteiger partial charge in [0.2, 0.25) is 0 Å². The van der Waals surface area contributed by atoms with Gasteiger partial charge in [-0.2, -0.15) is 13.2 Å². The fraction of sp³-hybridized carbons (Fsp3) is 0.278. The van der Waals surface area contributed by atoms with E-state index in [4.69, 9.17) is 4.74 Å². The van der Waals surface area contributed by atoms with Crippen molar-refractivity contribution in [3.63, 3.8) is 0 Å². The number of hydrogen-bond donors (Lipinski definition) is 1. The molecule has 7 heteroatoms. The molecule has 25 heavy (non-hydrogen) atoms. The lowest BCUT2D eigenvalue weighted by molar-refractivity contribution is -0.137. The number of imidazole rings is 1. The number of aliphatic hydroxyl groups is 1. The Balaban J connectivity index is 1.85. The highest BCUT2D eigenvalue weighted by Gasteiger charge is 2.30.